The van der Waals surface area contributed by atoms with Gasteiger partial charge in [-0.1, -0.05) is 12.1 Å². The van der Waals surface area contributed by atoms with E-state index >= 15 is 0 Å². The molecule has 0 fully saturated rings. The first-order valence-electron chi connectivity index (χ1n) is 6.48. The Bertz CT molecular complexity index is 620. The second kappa shape index (κ2) is 6.66. The summed E-state index contributed by atoms with van der Waals surface area (Å²) < 4.78 is 27.1. The standard InChI is InChI=1S/C14H20ClNO4S/c1-10-5-6-11(7-8-21(15,18)19)9-12(10)16-13(17)20-14(2,3)4/h5-6,9H,7-8H2,1-4H3,(H,16,17). The summed E-state index contributed by atoms with van der Waals surface area (Å²) in [6, 6.07) is 5.34. The number of ether oxygens (including phenoxy) is 1. The maximum atomic E-state index is 11.8. The average molecular weight is 334 g/mol. The molecule has 21 heavy (non-hydrogen) atoms. The zero-order valence-corrected chi connectivity index (χ0v) is 14.1. The lowest BCUT2D eigenvalue weighted by Crippen LogP contribution is -2.27. The van der Waals surface area contributed by atoms with Gasteiger partial charge in [0.05, 0.1) is 5.75 Å². The van der Waals surface area contributed by atoms with Crippen molar-refractivity contribution in [2.45, 2.75) is 39.7 Å². The van der Waals surface area contributed by atoms with Gasteiger partial charge in [-0.3, -0.25) is 5.32 Å². The van der Waals surface area contributed by atoms with Gasteiger partial charge in [-0.2, -0.15) is 0 Å². The lowest BCUT2D eigenvalue weighted by molar-refractivity contribution is 0.0636. The van der Waals surface area contributed by atoms with E-state index in [1.165, 1.54) is 0 Å². The van der Waals surface area contributed by atoms with E-state index in [1.54, 1.807) is 32.9 Å². The molecular formula is C14H20ClNO4S. The molecule has 118 valence electrons. The molecule has 0 aromatic heterocycles. The number of carbonyl (C=O) groups is 1. The van der Waals surface area contributed by atoms with Crippen LogP contribution < -0.4 is 5.32 Å². The first kappa shape index (κ1) is 17.8. The molecule has 0 unspecified atom stereocenters. The molecule has 0 spiro atoms. The summed E-state index contributed by atoms with van der Waals surface area (Å²) in [7, 11) is 1.66. The SMILES string of the molecule is Cc1ccc(CCS(=O)(=O)Cl)cc1NC(=O)OC(C)(C)C. The van der Waals surface area contributed by atoms with Gasteiger partial charge in [0.2, 0.25) is 9.05 Å². The van der Waals surface area contributed by atoms with Crippen LogP contribution in [0, 0.1) is 6.92 Å². The lowest BCUT2D eigenvalue weighted by atomic mass is 10.1. The maximum Gasteiger partial charge on any atom is 0.412 e. The van der Waals surface area contributed by atoms with Crippen LogP contribution in [0.1, 0.15) is 31.9 Å². The van der Waals surface area contributed by atoms with Gasteiger partial charge in [0, 0.05) is 16.4 Å². The zero-order valence-electron chi connectivity index (χ0n) is 12.6. The number of halogens is 1. The first-order valence-corrected chi connectivity index (χ1v) is 8.96. The number of anilines is 1. The molecule has 5 nitrogen and oxygen atoms in total. The third-order valence-corrected chi connectivity index (χ3v) is 3.73. The third kappa shape index (κ3) is 7.34. The number of hydrogen-bond acceptors (Lipinski definition) is 4. The molecule has 0 aliphatic rings. The Balaban J connectivity index is 2.80. The van der Waals surface area contributed by atoms with Crippen LogP contribution in [-0.4, -0.2) is 25.9 Å². The monoisotopic (exact) mass is 333 g/mol. The van der Waals surface area contributed by atoms with Crippen molar-refractivity contribution in [1.29, 1.82) is 0 Å². The maximum absolute atomic E-state index is 11.8. The van der Waals surface area contributed by atoms with Crippen molar-refractivity contribution in [3.8, 4) is 0 Å². The summed E-state index contributed by atoms with van der Waals surface area (Å²) in [6.45, 7) is 7.18. The van der Waals surface area contributed by atoms with Gasteiger partial charge < -0.3 is 4.74 Å². The zero-order chi connectivity index (χ0) is 16.3. The van der Waals surface area contributed by atoms with Crippen molar-refractivity contribution < 1.29 is 17.9 Å². The molecule has 0 radical (unpaired) electrons. The average Bonchev–Trinajstić information content (AvgIpc) is 2.26. The van der Waals surface area contributed by atoms with E-state index < -0.39 is 20.7 Å². The molecule has 7 heteroatoms. The third-order valence-electron chi connectivity index (χ3n) is 2.57. The van der Waals surface area contributed by atoms with E-state index in [0.29, 0.717) is 5.69 Å². The van der Waals surface area contributed by atoms with Crippen molar-refractivity contribution >= 4 is 31.5 Å². The molecule has 0 saturated heterocycles. The van der Waals surface area contributed by atoms with Crippen LogP contribution >= 0.6 is 10.7 Å². The van der Waals surface area contributed by atoms with Gasteiger partial charge in [-0.25, -0.2) is 13.2 Å². The molecule has 0 atom stereocenters. The van der Waals surface area contributed by atoms with Crippen LogP contribution in [0.5, 0.6) is 0 Å². The number of benzene rings is 1. The van der Waals surface area contributed by atoms with Crippen LogP contribution in [-0.2, 0) is 20.2 Å². The minimum absolute atomic E-state index is 0.149. The number of carbonyl (C=O) groups excluding carboxylic acids is 1. The summed E-state index contributed by atoms with van der Waals surface area (Å²) in [5.74, 6) is -0.149. The van der Waals surface area contributed by atoms with E-state index in [9.17, 15) is 13.2 Å². The molecule has 0 aliphatic heterocycles. The Morgan fingerprint density at radius 3 is 2.48 bits per heavy atom. The van der Waals surface area contributed by atoms with Crippen molar-refractivity contribution in [2.75, 3.05) is 11.1 Å². The summed E-state index contributed by atoms with van der Waals surface area (Å²) in [6.07, 6.45) is -0.262. The van der Waals surface area contributed by atoms with Crippen molar-refractivity contribution in [2.24, 2.45) is 0 Å². The number of aryl methyl sites for hydroxylation is 2. The fourth-order valence-corrected chi connectivity index (χ4v) is 2.32. The van der Waals surface area contributed by atoms with Crippen molar-refractivity contribution in [3.63, 3.8) is 0 Å². The van der Waals surface area contributed by atoms with Crippen LogP contribution in [0.4, 0.5) is 10.5 Å². The quantitative estimate of drug-likeness (QED) is 0.856. The van der Waals surface area contributed by atoms with Gasteiger partial charge in [0.15, 0.2) is 0 Å². The van der Waals surface area contributed by atoms with E-state index in [2.05, 4.69) is 5.32 Å². The Kier molecular flexibility index (Phi) is 5.64. The second-order valence-electron chi connectivity index (χ2n) is 5.77. The van der Waals surface area contributed by atoms with Crippen molar-refractivity contribution in [1.82, 2.24) is 0 Å². The van der Waals surface area contributed by atoms with Gasteiger partial charge in [-0.05, 0) is 51.3 Å². The fraction of sp³-hybridized carbons (Fsp3) is 0.500. The molecule has 1 amide bonds. The number of amides is 1. The molecule has 1 N–H and O–H groups in total. The van der Waals surface area contributed by atoms with E-state index in [4.69, 9.17) is 15.4 Å². The Hall–Kier alpha value is -1.27. The molecule has 1 aromatic carbocycles. The predicted molar refractivity (Wildman–Crippen MR) is 84.4 cm³/mol. The van der Waals surface area contributed by atoms with Crippen molar-refractivity contribution in [3.05, 3.63) is 29.3 Å². The molecule has 0 bridgehead atoms. The highest BCUT2D eigenvalue weighted by Crippen LogP contribution is 2.19. The molecule has 1 aromatic rings. The summed E-state index contributed by atoms with van der Waals surface area (Å²) in [5.41, 5.74) is 1.64. The fourth-order valence-electron chi connectivity index (χ4n) is 1.61. The van der Waals surface area contributed by atoms with Crippen LogP contribution in [0.2, 0.25) is 0 Å². The normalized spacial score (nSPS) is 12.0. The molecule has 0 heterocycles. The lowest BCUT2D eigenvalue weighted by Gasteiger charge is -2.20. The van der Waals surface area contributed by atoms with Gasteiger partial charge in [0.1, 0.15) is 5.60 Å². The van der Waals surface area contributed by atoms with E-state index in [-0.39, 0.29) is 12.2 Å². The highest BCUT2D eigenvalue weighted by Gasteiger charge is 2.17. The first-order chi connectivity index (χ1) is 9.46. The smallest absolute Gasteiger partial charge is 0.412 e. The molecule has 0 saturated carbocycles. The van der Waals surface area contributed by atoms with E-state index in [1.807, 2.05) is 13.0 Å². The Labute approximate surface area is 130 Å². The minimum atomic E-state index is -3.53. The largest absolute Gasteiger partial charge is 0.444 e. The van der Waals surface area contributed by atoms with E-state index in [0.717, 1.165) is 11.1 Å². The van der Waals surface area contributed by atoms with Gasteiger partial charge in [0.25, 0.3) is 0 Å². The molecule has 1 rings (SSSR count). The number of rotatable bonds is 4. The van der Waals surface area contributed by atoms with Crippen LogP contribution in [0.15, 0.2) is 18.2 Å². The number of nitrogens with one attached hydrogen (secondary N) is 1. The Morgan fingerprint density at radius 1 is 1.33 bits per heavy atom. The van der Waals surface area contributed by atoms with Crippen LogP contribution in [0.25, 0.3) is 0 Å². The van der Waals surface area contributed by atoms with Gasteiger partial charge in [-0.15, -0.1) is 0 Å². The molecular weight excluding hydrogens is 314 g/mol. The number of hydrogen-bond donors (Lipinski definition) is 1. The highest BCUT2D eigenvalue weighted by molar-refractivity contribution is 8.13. The summed E-state index contributed by atoms with van der Waals surface area (Å²) in [5, 5.41) is 2.66. The molecule has 0 aliphatic carbocycles. The minimum Gasteiger partial charge on any atom is -0.444 e. The summed E-state index contributed by atoms with van der Waals surface area (Å²) in [4.78, 5) is 11.8. The highest BCUT2D eigenvalue weighted by atomic mass is 35.7. The second-order valence-corrected chi connectivity index (χ2v) is 8.67. The van der Waals surface area contributed by atoms with Crippen LogP contribution in [0.3, 0.4) is 0 Å². The Morgan fingerprint density at radius 2 is 1.95 bits per heavy atom. The topological polar surface area (TPSA) is 72.5 Å². The summed E-state index contributed by atoms with van der Waals surface area (Å²) >= 11 is 0. The predicted octanol–water partition coefficient (Wildman–Crippen LogP) is 3.45. The van der Waals surface area contributed by atoms with Gasteiger partial charge >= 0.3 is 6.09 Å².